The summed E-state index contributed by atoms with van der Waals surface area (Å²) in [5, 5.41) is 12.4. The fourth-order valence-corrected chi connectivity index (χ4v) is 2.85. The maximum absolute atomic E-state index is 12.2. The van der Waals surface area contributed by atoms with Gasteiger partial charge in [-0.25, -0.2) is 0 Å². The summed E-state index contributed by atoms with van der Waals surface area (Å²) in [6.07, 6.45) is 6.41. The van der Waals surface area contributed by atoms with E-state index in [0.29, 0.717) is 36.3 Å². The van der Waals surface area contributed by atoms with E-state index in [4.69, 9.17) is 5.73 Å². The van der Waals surface area contributed by atoms with Gasteiger partial charge in [-0.1, -0.05) is 18.2 Å². The molecule has 3 rings (SSSR count). The van der Waals surface area contributed by atoms with Crippen molar-refractivity contribution < 1.29 is 14.7 Å². The third kappa shape index (κ3) is 3.85. The monoisotopic (exact) mass is 337 g/mol. The van der Waals surface area contributed by atoms with Gasteiger partial charge in [-0.3, -0.25) is 14.6 Å². The van der Waals surface area contributed by atoms with Crippen LogP contribution < -0.4 is 11.1 Å². The molecule has 0 spiro atoms. The largest absolute Gasteiger partial charge is 0.481 e. The smallest absolute Gasteiger partial charge is 0.312 e. The van der Waals surface area contributed by atoms with Crippen LogP contribution in [0.4, 0.5) is 11.4 Å². The molecule has 6 nitrogen and oxygen atoms in total. The molecule has 1 unspecified atom stereocenters. The van der Waals surface area contributed by atoms with Crippen LogP contribution in [0.3, 0.4) is 0 Å². The third-order valence-corrected chi connectivity index (χ3v) is 4.14. The molecule has 0 radical (unpaired) electrons. The Balaban J connectivity index is 2.13. The Hall–Kier alpha value is -3.15. The Labute approximate surface area is 145 Å². The number of carbonyl (C=O) groups is 2. The highest BCUT2D eigenvalue weighted by Crippen LogP contribution is 2.32. The maximum Gasteiger partial charge on any atom is 0.312 e. The number of nitrogen functional groups attached to an aromatic ring is 1. The quantitative estimate of drug-likeness (QED) is 0.547. The van der Waals surface area contributed by atoms with Crippen molar-refractivity contribution in [3.8, 4) is 11.1 Å². The second-order valence-corrected chi connectivity index (χ2v) is 5.96. The second kappa shape index (κ2) is 7.17. The first-order valence-electron chi connectivity index (χ1n) is 8.08. The molecule has 128 valence electrons. The number of pyridine rings is 1. The van der Waals surface area contributed by atoms with E-state index in [9.17, 15) is 14.7 Å². The molecule has 0 fully saturated rings. The molecule has 2 aromatic rings. The number of benzene rings is 1. The average molecular weight is 337 g/mol. The van der Waals surface area contributed by atoms with Crippen molar-refractivity contribution in [1.29, 1.82) is 0 Å². The Morgan fingerprint density at radius 1 is 1.24 bits per heavy atom. The van der Waals surface area contributed by atoms with Crippen LogP contribution >= 0.6 is 0 Å². The van der Waals surface area contributed by atoms with Gasteiger partial charge in [0.15, 0.2) is 0 Å². The average Bonchev–Trinajstić information content (AvgIpc) is 2.58. The van der Waals surface area contributed by atoms with Crippen molar-refractivity contribution in [2.75, 3.05) is 11.1 Å². The molecule has 4 N–H and O–H groups in total. The molecule has 1 aromatic carbocycles. The zero-order valence-electron chi connectivity index (χ0n) is 13.6. The van der Waals surface area contributed by atoms with Gasteiger partial charge >= 0.3 is 5.97 Å². The molecule has 1 aromatic heterocycles. The molecule has 6 heteroatoms. The van der Waals surface area contributed by atoms with Crippen molar-refractivity contribution in [2.24, 2.45) is 0 Å². The highest BCUT2D eigenvalue weighted by molar-refractivity contribution is 5.96. The van der Waals surface area contributed by atoms with E-state index in [-0.39, 0.29) is 5.91 Å². The zero-order chi connectivity index (χ0) is 17.8. The van der Waals surface area contributed by atoms with E-state index in [0.717, 1.165) is 11.1 Å². The molecule has 1 aliphatic rings. The number of fused-ring (bicyclic) bond motifs is 4. The number of carbonyl (C=O) groups excluding carboxylic acids is 1. The van der Waals surface area contributed by atoms with Crippen molar-refractivity contribution in [3.63, 3.8) is 0 Å². The number of carboxylic acid groups (broad SMARTS) is 1. The van der Waals surface area contributed by atoms with Crippen LogP contribution in [-0.2, 0) is 9.59 Å². The van der Waals surface area contributed by atoms with Crippen LogP contribution in [0.1, 0.15) is 30.9 Å². The molecule has 1 amide bonds. The summed E-state index contributed by atoms with van der Waals surface area (Å²) in [4.78, 5) is 28.0. The zero-order valence-corrected chi connectivity index (χ0v) is 13.6. The fraction of sp³-hybridized carbons (Fsp3) is 0.211. The molecule has 0 saturated carbocycles. The number of rotatable bonds is 1. The minimum Gasteiger partial charge on any atom is -0.481 e. The summed E-state index contributed by atoms with van der Waals surface area (Å²) < 4.78 is 0. The summed E-state index contributed by atoms with van der Waals surface area (Å²) in [5.41, 5.74) is 9.06. The van der Waals surface area contributed by atoms with Gasteiger partial charge in [0.25, 0.3) is 0 Å². The minimum atomic E-state index is -0.920. The van der Waals surface area contributed by atoms with Crippen LogP contribution in [0, 0.1) is 0 Å². The number of aliphatic carboxylic acids is 1. The van der Waals surface area contributed by atoms with Gasteiger partial charge in [0, 0.05) is 23.9 Å². The van der Waals surface area contributed by atoms with Crippen LogP contribution in [-0.4, -0.2) is 22.0 Å². The summed E-state index contributed by atoms with van der Waals surface area (Å²) >= 11 is 0. The first-order chi connectivity index (χ1) is 12.0. The van der Waals surface area contributed by atoms with Gasteiger partial charge in [-0.2, -0.15) is 0 Å². The normalized spacial score (nSPS) is 18.7. The van der Waals surface area contributed by atoms with Crippen LogP contribution in [0.5, 0.6) is 0 Å². The molecular weight excluding hydrogens is 318 g/mol. The number of nitrogens with two attached hydrogens (primary N) is 1. The van der Waals surface area contributed by atoms with E-state index in [1.165, 1.54) is 0 Å². The van der Waals surface area contributed by atoms with Crippen molar-refractivity contribution in [2.45, 2.75) is 25.2 Å². The van der Waals surface area contributed by atoms with E-state index in [1.54, 1.807) is 36.5 Å². The lowest BCUT2D eigenvalue weighted by molar-refractivity contribution is -0.138. The standard InChI is InChI=1S/C19H19N3O3/c20-13-6-7-14-12-8-9-21-16(10-12)15(19(24)25)4-2-1-3-5-18(23)22-17(14)11-13/h1-2,6-11,15H,3-5,20H2,(H,22,23)(H,24,25)/b2-1-. The Morgan fingerprint density at radius 2 is 2.08 bits per heavy atom. The lowest BCUT2D eigenvalue weighted by Crippen LogP contribution is -2.12. The number of amides is 1. The second-order valence-electron chi connectivity index (χ2n) is 5.96. The molecule has 0 aliphatic carbocycles. The molecule has 25 heavy (non-hydrogen) atoms. The van der Waals surface area contributed by atoms with Crippen LogP contribution in [0.2, 0.25) is 0 Å². The number of carboxylic acids is 1. The van der Waals surface area contributed by atoms with E-state index in [1.807, 2.05) is 12.1 Å². The van der Waals surface area contributed by atoms with Gasteiger partial charge < -0.3 is 16.2 Å². The van der Waals surface area contributed by atoms with Crippen molar-refractivity contribution >= 4 is 23.3 Å². The predicted molar refractivity (Wildman–Crippen MR) is 96.1 cm³/mol. The Bertz CT molecular complexity index is 846. The number of nitrogens with one attached hydrogen (secondary N) is 1. The SMILES string of the molecule is Nc1ccc2c(c1)NC(=O)CC/C=C\CC(C(=O)O)c1cc-2ccn1. The first kappa shape index (κ1) is 16.7. The lowest BCUT2D eigenvalue weighted by atomic mass is 9.96. The van der Waals surface area contributed by atoms with E-state index < -0.39 is 11.9 Å². The van der Waals surface area contributed by atoms with Gasteiger partial charge in [0.2, 0.25) is 5.91 Å². The third-order valence-electron chi connectivity index (χ3n) is 4.14. The number of aromatic nitrogens is 1. The molecule has 0 saturated heterocycles. The molecular formula is C19H19N3O3. The number of hydrogen-bond donors (Lipinski definition) is 3. The molecule has 2 bridgehead atoms. The predicted octanol–water partition coefficient (Wildman–Crippen LogP) is 3.18. The summed E-state index contributed by atoms with van der Waals surface area (Å²) in [6.45, 7) is 0. The number of allylic oxidation sites excluding steroid dienone is 2. The van der Waals surface area contributed by atoms with Gasteiger partial charge in [-0.15, -0.1) is 0 Å². The highest BCUT2D eigenvalue weighted by Gasteiger charge is 2.21. The maximum atomic E-state index is 12.2. The minimum absolute atomic E-state index is 0.111. The summed E-state index contributed by atoms with van der Waals surface area (Å²) in [6, 6.07) is 8.82. The van der Waals surface area contributed by atoms with E-state index in [2.05, 4.69) is 10.3 Å². The van der Waals surface area contributed by atoms with Gasteiger partial charge in [-0.05, 0) is 42.7 Å². The molecule has 1 atom stereocenters. The number of anilines is 2. The van der Waals surface area contributed by atoms with Gasteiger partial charge in [0.1, 0.15) is 5.92 Å². The van der Waals surface area contributed by atoms with E-state index >= 15 is 0 Å². The summed E-state index contributed by atoms with van der Waals surface area (Å²) in [7, 11) is 0. The van der Waals surface area contributed by atoms with Crippen molar-refractivity contribution in [3.05, 3.63) is 54.4 Å². The molecule has 2 heterocycles. The van der Waals surface area contributed by atoms with Crippen molar-refractivity contribution in [1.82, 2.24) is 4.98 Å². The Morgan fingerprint density at radius 3 is 2.88 bits per heavy atom. The number of nitrogens with zero attached hydrogens (tertiary/aromatic N) is 1. The first-order valence-corrected chi connectivity index (χ1v) is 8.08. The number of hydrogen-bond acceptors (Lipinski definition) is 4. The Kier molecular flexibility index (Phi) is 4.79. The molecule has 1 aliphatic heterocycles. The van der Waals surface area contributed by atoms with Crippen LogP contribution in [0.15, 0.2) is 48.7 Å². The highest BCUT2D eigenvalue weighted by atomic mass is 16.4. The van der Waals surface area contributed by atoms with Crippen LogP contribution in [0.25, 0.3) is 11.1 Å². The lowest BCUT2D eigenvalue weighted by Gasteiger charge is -2.14. The topological polar surface area (TPSA) is 105 Å². The van der Waals surface area contributed by atoms with Gasteiger partial charge in [0.05, 0.1) is 11.4 Å². The summed E-state index contributed by atoms with van der Waals surface area (Å²) in [5.74, 6) is -1.76. The fourth-order valence-electron chi connectivity index (χ4n) is 2.85.